The molecule has 2 aliphatic rings. The average Bonchev–Trinajstić information content (AvgIpc) is 3.74. The molecule has 9 nitrogen and oxygen atoms in total. The predicted molar refractivity (Wildman–Crippen MR) is 128 cm³/mol. The van der Waals surface area contributed by atoms with E-state index in [4.69, 9.17) is 14.2 Å². The predicted octanol–water partition coefficient (Wildman–Crippen LogP) is 1.95. The minimum Gasteiger partial charge on any atom is -0.497 e. The molecule has 0 aliphatic carbocycles. The number of sulfonamides is 1. The normalized spacial score (nSPS) is 19.7. The highest BCUT2D eigenvalue weighted by molar-refractivity contribution is 7.89. The van der Waals surface area contributed by atoms with Gasteiger partial charge in [0.15, 0.2) is 5.76 Å². The number of allylic oxidation sites excluding steroid dienone is 1. The molecular weight excluding hydrogens is 472 g/mol. The summed E-state index contributed by atoms with van der Waals surface area (Å²) >= 11 is 0. The van der Waals surface area contributed by atoms with E-state index in [1.165, 1.54) is 23.5 Å². The highest BCUT2D eigenvalue weighted by Crippen LogP contribution is 2.32. The van der Waals surface area contributed by atoms with Crippen LogP contribution in [0.25, 0.3) is 0 Å². The standard InChI is InChI=1S/C25H30N2O7S/c1-32-21-7-9-22(10-8-21)35(30,31)27(13-15-28)14-16-33-24-18-20(19-5-3-2-4-6-19)17-23(34-24)25(29)26-11-12-26/h2-10,17,20,24,28H,11-16,18H2,1H3/t20-,24+/m1/s1. The molecule has 0 unspecified atom stereocenters. The zero-order valence-electron chi connectivity index (χ0n) is 19.6. The van der Waals surface area contributed by atoms with Gasteiger partial charge < -0.3 is 24.2 Å². The minimum atomic E-state index is -3.85. The van der Waals surface area contributed by atoms with Crippen molar-refractivity contribution in [3.8, 4) is 5.75 Å². The molecule has 0 saturated carbocycles. The Morgan fingerprint density at radius 3 is 2.46 bits per heavy atom. The quantitative estimate of drug-likeness (QED) is 0.468. The fraction of sp³-hybridized carbons (Fsp3) is 0.400. The molecule has 2 aromatic rings. The van der Waals surface area contributed by atoms with Gasteiger partial charge in [-0.05, 0) is 35.9 Å². The molecule has 2 aliphatic heterocycles. The largest absolute Gasteiger partial charge is 0.497 e. The third-order valence-electron chi connectivity index (χ3n) is 5.92. The van der Waals surface area contributed by atoms with Crippen LogP contribution >= 0.6 is 0 Å². The van der Waals surface area contributed by atoms with Gasteiger partial charge in [0.05, 0.1) is 25.2 Å². The van der Waals surface area contributed by atoms with E-state index < -0.39 is 16.3 Å². The molecule has 0 bridgehead atoms. The number of rotatable bonds is 11. The number of aliphatic hydroxyl groups is 1. The van der Waals surface area contributed by atoms with Gasteiger partial charge in [0.1, 0.15) is 5.75 Å². The van der Waals surface area contributed by atoms with Gasteiger partial charge in [-0.25, -0.2) is 8.42 Å². The molecule has 0 aromatic heterocycles. The summed E-state index contributed by atoms with van der Waals surface area (Å²) in [6.07, 6.45) is 1.62. The highest BCUT2D eigenvalue weighted by atomic mass is 32.2. The Balaban J connectivity index is 1.42. The van der Waals surface area contributed by atoms with Crippen LogP contribution < -0.4 is 4.74 Å². The van der Waals surface area contributed by atoms with Gasteiger partial charge in [0.2, 0.25) is 16.3 Å². The lowest BCUT2D eigenvalue weighted by Crippen LogP contribution is -2.37. The highest BCUT2D eigenvalue weighted by Gasteiger charge is 2.34. The fourth-order valence-corrected chi connectivity index (χ4v) is 5.31. The van der Waals surface area contributed by atoms with Crippen molar-refractivity contribution in [2.75, 3.05) is 46.5 Å². The first-order valence-electron chi connectivity index (χ1n) is 11.5. The monoisotopic (exact) mass is 502 g/mol. The Bertz CT molecular complexity index is 1130. The Labute approximate surface area is 205 Å². The van der Waals surface area contributed by atoms with Crippen molar-refractivity contribution in [2.45, 2.75) is 23.5 Å². The maximum Gasteiger partial charge on any atom is 0.288 e. The van der Waals surface area contributed by atoms with E-state index in [0.29, 0.717) is 25.3 Å². The van der Waals surface area contributed by atoms with E-state index in [-0.39, 0.29) is 48.8 Å². The molecule has 0 radical (unpaired) electrons. The third-order valence-corrected chi connectivity index (χ3v) is 7.83. The molecule has 35 heavy (non-hydrogen) atoms. The summed E-state index contributed by atoms with van der Waals surface area (Å²) in [5.74, 6) is 0.573. The second-order valence-electron chi connectivity index (χ2n) is 8.30. The first-order valence-corrected chi connectivity index (χ1v) is 13.0. The smallest absolute Gasteiger partial charge is 0.288 e. The van der Waals surface area contributed by atoms with Crippen molar-refractivity contribution in [1.29, 1.82) is 0 Å². The minimum absolute atomic E-state index is 0.0178. The molecule has 2 heterocycles. The first-order chi connectivity index (χ1) is 16.9. The van der Waals surface area contributed by atoms with E-state index in [9.17, 15) is 18.3 Å². The number of benzene rings is 2. The van der Waals surface area contributed by atoms with Crippen LogP contribution in [-0.4, -0.2) is 81.4 Å². The van der Waals surface area contributed by atoms with Crippen molar-refractivity contribution in [1.82, 2.24) is 9.21 Å². The number of carbonyl (C=O) groups excluding carboxylic acids is 1. The third kappa shape index (κ3) is 6.21. The Kier molecular flexibility index (Phi) is 8.07. The number of methoxy groups -OCH3 is 1. The van der Waals surface area contributed by atoms with Crippen LogP contribution in [0.3, 0.4) is 0 Å². The molecule has 1 N–H and O–H groups in total. The number of ether oxygens (including phenoxy) is 3. The first kappa shape index (κ1) is 25.2. The number of hydrogen-bond acceptors (Lipinski definition) is 7. The molecule has 4 rings (SSSR count). The van der Waals surface area contributed by atoms with Gasteiger partial charge in [-0.1, -0.05) is 30.3 Å². The summed E-state index contributed by atoms with van der Waals surface area (Å²) in [6.45, 7) is 1.06. The molecule has 188 valence electrons. The number of aliphatic hydroxyl groups excluding tert-OH is 1. The topological polar surface area (TPSA) is 105 Å². The van der Waals surface area contributed by atoms with Gasteiger partial charge in [-0.2, -0.15) is 4.31 Å². The lowest BCUT2D eigenvalue weighted by Gasteiger charge is -2.30. The fourth-order valence-electron chi connectivity index (χ4n) is 3.90. The van der Waals surface area contributed by atoms with Crippen LogP contribution in [-0.2, 0) is 24.3 Å². The number of nitrogens with zero attached hydrogens (tertiary/aromatic N) is 2. The van der Waals surface area contributed by atoms with Gasteiger partial charge in [0.25, 0.3) is 5.91 Å². The summed E-state index contributed by atoms with van der Waals surface area (Å²) < 4.78 is 44.2. The molecule has 2 aromatic carbocycles. The second kappa shape index (κ2) is 11.2. The second-order valence-corrected chi connectivity index (χ2v) is 10.2. The average molecular weight is 503 g/mol. The van der Waals surface area contributed by atoms with E-state index in [0.717, 1.165) is 5.56 Å². The molecule has 0 spiro atoms. The number of amides is 1. The number of hydrogen-bond donors (Lipinski definition) is 1. The van der Waals surface area contributed by atoms with Crippen LogP contribution in [0.2, 0.25) is 0 Å². The van der Waals surface area contributed by atoms with Crippen LogP contribution in [0.15, 0.2) is 71.3 Å². The van der Waals surface area contributed by atoms with Crippen molar-refractivity contribution in [3.05, 3.63) is 72.0 Å². The molecule has 1 fully saturated rings. The lowest BCUT2D eigenvalue weighted by molar-refractivity contribution is -0.149. The summed E-state index contributed by atoms with van der Waals surface area (Å²) in [4.78, 5) is 14.4. The lowest BCUT2D eigenvalue weighted by atomic mass is 9.93. The molecular formula is C25H30N2O7S. The van der Waals surface area contributed by atoms with Gasteiger partial charge >= 0.3 is 0 Å². The van der Waals surface area contributed by atoms with Crippen LogP contribution in [0, 0.1) is 0 Å². The van der Waals surface area contributed by atoms with Crippen LogP contribution in [0.5, 0.6) is 5.75 Å². The summed E-state index contributed by atoms with van der Waals surface area (Å²) in [5, 5.41) is 9.45. The van der Waals surface area contributed by atoms with Crippen molar-refractivity contribution >= 4 is 15.9 Å². The Hall–Kier alpha value is -2.92. The van der Waals surface area contributed by atoms with Crippen molar-refractivity contribution in [3.63, 3.8) is 0 Å². The Morgan fingerprint density at radius 2 is 1.83 bits per heavy atom. The van der Waals surface area contributed by atoms with Crippen molar-refractivity contribution < 1.29 is 32.5 Å². The van der Waals surface area contributed by atoms with Gasteiger partial charge in [0, 0.05) is 38.5 Å². The van der Waals surface area contributed by atoms with Crippen LogP contribution in [0.4, 0.5) is 0 Å². The Morgan fingerprint density at radius 1 is 1.11 bits per heavy atom. The maximum atomic E-state index is 13.1. The SMILES string of the molecule is COc1ccc(S(=O)(=O)N(CCO)CCO[C@@H]2C[C@H](c3ccccc3)C=C(C(=O)N3CC3)O2)cc1. The van der Waals surface area contributed by atoms with E-state index in [2.05, 4.69) is 0 Å². The molecule has 1 saturated heterocycles. The number of carbonyl (C=O) groups is 1. The summed E-state index contributed by atoms with van der Waals surface area (Å²) in [7, 11) is -2.34. The maximum absolute atomic E-state index is 13.1. The van der Waals surface area contributed by atoms with Gasteiger partial charge in [-0.3, -0.25) is 4.79 Å². The molecule has 10 heteroatoms. The van der Waals surface area contributed by atoms with E-state index in [1.807, 2.05) is 36.4 Å². The van der Waals surface area contributed by atoms with E-state index in [1.54, 1.807) is 17.0 Å². The zero-order chi connectivity index (χ0) is 24.8. The van der Waals surface area contributed by atoms with Gasteiger partial charge in [-0.15, -0.1) is 0 Å². The van der Waals surface area contributed by atoms with Crippen LogP contribution in [0.1, 0.15) is 17.9 Å². The molecule has 2 atom stereocenters. The summed E-state index contributed by atoms with van der Waals surface area (Å²) in [6, 6.07) is 15.9. The molecule has 1 amide bonds. The van der Waals surface area contributed by atoms with Crippen molar-refractivity contribution in [2.24, 2.45) is 0 Å². The van der Waals surface area contributed by atoms with E-state index >= 15 is 0 Å². The summed E-state index contributed by atoms with van der Waals surface area (Å²) in [5.41, 5.74) is 1.05. The zero-order valence-corrected chi connectivity index (χ0v) is 20.4.